The number of hydrogen-bond donors (Lipinski definition) is 3. The molecule has 4 rings (SSSR count). The Hall–Kier alpha value is -2.75. The van der Waals surface area contributed by atoms with Gasteiger partial charge in [0.05, 0.1) is 20.8 Å². The zero-order valence-corrected chi connectivity index (χ0v) is 22.8. The summed E-state index contributed by atoms with van der Waals surface area (Å²) in [4.78, 5) is 20.2. The quantitative estimate of drug-likeness (QED) is 0.241. The summed E-state index contributed by atoms with van der Waals surface area (Å²) in [5, 5.41) is 13.7. The number of rotatable bonds is 10. The first-order valence-corrected chi connectivity index (χ1v) is 14.4. The number of likely N-dealkylation sites (tertiary alicyclic amines) is 1. The third-order valence-corrected chi connectivity index (χ3v) is 9.66. The molecule has 1 aliphatic carbocycles. The van der Waals surface area contributed by atoms with Crippen molar-refractivity contribution in [2.45, 2.75) is 60.9 Å². The monoisotopic (exact) mass is 543 g/mol. The van der Waals surface area contributed by atoms with Crippen molar-refractivity contribution in [2.24, 2.45) is 4.99 Å². The van der Waals surface area contributed by atoms with Crippen molar-refractivity contribution in [1.29, 1.82) is 5.41 Å². The Morgan fingerprint density at radius 1 is 1.16 bits per heavy atom. The van der Waals surface area contributed by atoms with E-state index >= 15 is 0 Å². The van der Waals surface area contributed by atoms with Gasteiger partial charge in [0.1, 0.15) is 11.9 Å². The normalized spacial score (nSPS) is 21.1. The summed E-state index contributed by atoms with van der Waals surface area (Å²) in [5.41, 5.74) is 1.09. The first kappa shape index (κ1) is 27.3. The lowest BCUT2D eigenvalue weighted by molar-refractivity contribution is -0.125. The van der Waals surface area contributed by atoms with E-state index in [9.17, 15) is 13.2 Å². The van der Waals surface area contributed by atoms with Gasteiger partial charge in [0.15, 0.2) is 9.84 Å². The van der Waals surface area contributed by atoms with Crippen molar-refractivity contribution < 1.29 is 13.2 Å². The van der Waals surface area contributed by atoms with E-state index in [0.29, 0.717) is 24.5 Å². The molecule has 1 aliphatic heterocycles. The van der Waals surface area contributed by atoms with Crippen LogP contribution in [0.4, 0.5) is 0 Å². The lowest BCUT2D eigenvalue weighted by Crippen LogP contribution is -2.53. The predicted molar refractivity (Wildman–Crippen MR) is 147 cm³/mol. The molecule has 10 heteroatoms. The van der Waals surface area contributed by atoms with Crippen molar-refractivity contribution in [3.8, 4) is 0 Å². The number of nitrogens with zero attached hydrogens (tertiary/aromatic N) is 2. The minimum Gasteiger partial charge on any atom is -0.347 e. The number of hydrogen-bond acceptors (Lipinski definition) is 6. The van der Waals surface area contributed by atoms with Crippen molar-refractivity contribution >= 4 is 38.9 Å². The van der Waals surface area contributed by atoms with Crippen molar-refractivity contribution in [2.75, 3.05) is 20.1 Å². The second-order valence-electron chi connectivity index (χ2n) is 9.81. The first-order chi connectivity index (χ1) is 17.6. The Bertz CT molecular complexity index is 1280. The predicted octanol–water partition coefficient (Wildman–Crippen LogP) is 3.45. The van der Waals surface area contributed by atoms with Crippen molar-refractivity contribution in [3.05, 3.63) is 65.2 Å². The maximum atomic E-state index is 13.6. The smallest absolute Gasteiger partial charge is 0.244 e. The molecular formula is C27H34ClN5O3S. The molecule has 2 aromatic carbocycles. The summed E-state index contributed by atoms with van der Waals surface area (Å²) in [5.74, 6) is 0.330. The lowest BCUT2D eigenvalue weighted by Gasteiger charge is -2.29. The molecule has 2 atom stereocenters. The molecule has 0 aromatic heterocycles. The highest BCUT2D eigenvalue weighted by molar-refractivity contribution is 7.92. The molecule has 2 aromatic rings. The average molecular weight is 544 g/mol. The minimum atomic E-state index is -3.81. The molecule has 1 saturated heterocycles. The van der Waals surface area contributed by atoms with Gasteiger partial charge < -0.3 is 15.6 Å². The number of carbonyl (C=O) groups is 1. The van der Waals surface area contributed by atoms with E-state index in [0.717, 1.165) is 18.4 Å². The van der Waals surface area contributed by atoms with E-state index in [4.69, 9.17) is 22.0 Å². The maximum absolute atomic E-state index is 13.6. The summed E-state index contributed by atoms with van der Waals surface area (Å²) in [6.07, 6.45) is 2.71. The second-order valence-corrected chi connectivity index (χ2v) is 12.4. The van der Waals surface area contributed by atoms with Crippen LogP contribution in [0.25, 0.3) is 0 Å². The minimum absolute atomic E-state index is 0.0716. The van der Waals surface area contributed by atoms with Crippen LogP contribution in [0.3, 0.4) is 0 Å². The van der Waals surface area contributed by atoms with Gasteiger partial charge in [-0.05, 0) is 57.4 Å². The number of amides is 1. The Morgan fingerprint density at radius 3 is 2.46 bits per heavy atom. The lowest BCUT2D eigenvalue weighted by atomic mass is 10.1. The SMILES string of the molecule is CNC1(NC(=O)C2CC(S(=O)(=O)c3ccccc3Cl)CN2C(CC(C)=N)=NCCc2ccccc2)CC1. The fourth-order valence-electron chi connectivity index (χ4n) is 4.74. The highest BCUT2D eigenvalue weighted by Gasteiger charge is 2.49. The molecule has 2 fully saturated rings. The largest absolute Gasteiger partial charge is 0.347 e. The van der Waals surface area contributed by atoms with Crippen LogP contribution < -0.4 is 10.6 Å². The highest BCUT2D eigenvalue weighted by atomic mass is 35.5. The van der Waals surface area contributed by atoms with E-state index in [1.165, 1.54) is 6.07 Å². The Balaban J connectivity index is 1.64. The number of nitrogens with one attached hydrogen (secondary N) is 3. The Morgan fingerprint density at radius 2 is 1.84 bits per heavy atom. The molecule has 0 spiro atoms. The molecule has 1 amide bonds. The van der Waals surface area contributed by atoms with E-state index < -0.39 is 26.8 Å². The average Bonchev–Trinajstić information content (AvgIpc) is 3.49. The first-order valence-electron chi connectivity index (χ1n) is 12.5. The fourth-order valence-corrected chi connectivity index (χ4v) is 6.95. The molecule has 2 unspecified atom stereocenters. The van der Waals surface area contributed by atoms with Crippen LogP contribution >= 0.6 is 11.6 Å². The highest BCUT2D eigenvalue weighted by Crippen LogP contribution is 2.35. The van der Waals surface area contributed by atoms with E-state index in [2.05, 4.69) is 10.6 Å². The standard InChI is InChI=1S/C27H34ClN5O3S/c1-19(29)16-25(31-15-12-20-8-4-3-5-9-20)33-18-21(37(35,36)24-11-7-6-10-22(24)28)17-23(33)26(34)32-27(30-2)13-14-27/h3-11,21,23,29-30H,12-18H2,1-2H3,(H,32,34). The van der Waals surface area contributed by atoms with Crippen molar-refractivity contribution in [1.82, 2.24) is 15.5 Å². The molecule has 0 bridgehead atoms. The fraction of sp³-hybridized carbons (Fsp3) is 0.444. The number of benzene rings is 2. The summed E-state index contributed by atoms with van der Waals surface area (Å²) >= 11 is 6.26. The van der Waals surface area contributed by atoms with Gasteiger partial charge in [-0.25, -0.2) is 8.42 Å². The molecule has 1 heterocycles. The molecule has 3 N–H and O–H groups in total. The van der Waals surface area contributed by atoms with E-state index in [1.54, 1.807) is 37.1 Å². The van der Waals surface area contributed by atoms with Gasteiger partial charge in [0, 0.05) is 25.2 Å². The van der Waals surface area contributed by atoms with Gasteiger partial charge in [0.2, 0.25) is 5.91 Å². The number of carbonyl (C=O) groups excluding carboxylic acids is 1. The number of sulfone groups is 1. The molecule has 2 aliphatic rings. The molecule has 37 heavy (non-hydrogen) atoms. The van der Waals surface area contributed by atoms with E-state index in [1.807, 2.05) is 30.3 Å². The van der Waals surface area contributed by atoms with Gasteiger partial charge in [-0.15, -0.1) is 0 Å². The van der Waals surface area contributed by atoms with Crippen LogP contribution in [0.15, 0.2) is 64.5 Å². The van der Waals surface area contributed by atoms with Crippen LogP contribution in [0.2, 0.25) is 5.02 Å². The van der Waals surface area contributed by atoms with Gasteiger partial charge in [0.25, 0.3) is 0 Å². The third kappa shape index (κ3) is 6.40. The van der Waals surface area contributed by atoms with Crippen LogP contribution in [-0.4, -0.2) is 67.9 Å². The maximum Gasteiger partial charge on any atom is 0.244 e. The summed E-state index contributed by atoms with van der Waals surface area (Å²) in [6.45, 7) is 2.27. The molecule has 198 valence electrons. The molecule has 8 nitrogen and oxygen atoms in total. The second kappa shape index (κ2) is 11.3. The molecule has 1 saturated carbocycles. The number of halogens is 1. The zero-order chi connectivity index (χ0) is 26.6. The van der Waals surface area contributed by atoms with Crippen LogP contribution in [0, 0.1) is 5.41 Å². The van der Waals surface area contributed by atoms with Gasteiger partial charge in [-0.2, -0.15) is 0 Å². The van der Waals surface area contributed by atoms with E-state index in [-0.39, 0.29) is 35.2 Å². The molecular weight excluding hydrogens is 510 g/mol. The number of aliphatic imine (C=N–C) groups is 1. The Labute approximate surface area is 223 Å². The van der Waals surface area contributed by atoms with Crippen LogP contribution in [0.5, 0.6) is 0 Å². The summed E-state index contributed by atoms with van der Waals surface area (Å²) in [6, 6.07) is 15.7. The zero-order valence-electron chi connectivity index (χ0n) is 21.2. The number of amidine groups is 1. The summed E-state index contributed by atoms with van der Waals surface area (Å²) < 4.78 is 27.3. The summed E-state index contributed by atoms with van der Waals surface area (Å²) in [7, 11) is -2.00. The third-order valence-electron chi connectivity index (χ3n) is 7.03. The van der Waals surface area contributed by atoms with Crippen molar-refractivity contribution in [3.63, 3.8) is 0 Å². The van der Waals surface area contributed by atoms with Crippen LogP contribution in [-0.2, 0) is 21.1 Å². The Kier molecular flexibility index (Phi) is 8.36. The molecule has 0 radical (unpaired) electrons. The van der Waals surface area contributed by atoms with Gasteiger partial charge >= 0.3 is 0 Å². The van der Waals surface area contributed by atoms with Gasteiger partial charge in [-0.1, -0.05) is 54.1 Å². The topological polar surface area (TPSA) is 115 Å². The van der Waals surface area contributed by atoms with Crippen LogP contribution in [0.1, 0.15) is 38.2 Å². The van der Waals surface area contributed by atoms with Gasteiger partial charge in [-0.3, -0.25) is 15.1 Å².